The van der Waals surface area contributed by atoms with E-state index in [1.165, 1.54) is 12.1 Å². The first-order valence-corrected chi connectivity index (χ1v) is 7.53. The number of anilines is 1. The molecule has 2 rings (SSSR count). The van der Waals surface area contributed by atoms with Crippen LogP contribution in [0.4, 0.5) is 5.69 Å². The summed E-state index contributed by atoms with van der Waals surface area (Å²) in [6.07, 6.45) is 0. The molecule has 0 atom stereocenters. The first-order chi connectivity index (χ1) is 9.49. The van der Waals surface area contributed by atoms with Gasteiger partial charge in [-0.2, -0.15) is 0 Å². The van der Waals surface area contributed by atoms with E-state index in [1.54, 1.807) is 19.2 Å². The Hall–Kier alpha value is -2.05. The van der Waals surface area contributed by atoms with Gasteiger partial charge in [-0.05, 0) is 29.8 Å². The molecule has 0 amide bonds. The molecule has 0 radical (unpaired) electrons. The predicted molar refractivity (Wildman–Crippen MR) is 78.1 cm³/mol. The van der Waals surface area contributed by atoms with Gasteiger partial charge in [0.2, 0.25) is 10.0 Å². The second kappa shape index (κ2) is 5.94. The molecular formula is C14H16N2O3S. The van der Waals surface area contributed by atoms with Crippen LogP contribution in [0.5, 0.6) is 5.75 Å². The minimum absolute atomic E-state index is 0.114. The van der Waals surface area contributed by atoms with E-state index in [4.69, 9.17) is 9.88 Å². The lowest BCUT2D eigenvalue weighted by Crippen LogP contribution is -2.12. The second-order valence-electron chi connectivity index (χ2n) is 4.27. The molecule has 20 heavy (non-hydrogen) atoms. The smallest absolute Gasteiger partial charge is 0.238 e. The van der Waals surface area contributed by atoms with Crippen molar-refractivity contribution >= 4 is 15.7 Å². The molecule has 0 saturated heterocycles. The number of rotatable bonds is 5. The summed E-state index contributed by atoms with van der Waals surface area (Å²) in [6, 6.07) is 14.0. The predicted octanol–water partition coefficient (Wildman–Crippen LogP) is 1.95. The van der Waals surface area contributed by atoms with Gasteiger partial charge in [0.05, 0.1) is 12.0 Å². The van der Waals surface area contributed by atoms with Crippen molar-refractivity contribution in [3.63, 3.8) is 0 Å². The summed E-state index contributed by atoms with van der Waals surface area (Å²) in [7, 11) is -2.02. The van der Waals surface area contributed by atoms with E-state index in [0.717, 1.165) is 17.0 Å². The summed E-state index contributed by atoms with van der Waals surface area (Å²) in [5.74, 6) is 0.777. The molecule has 6 heteroatoms. The lowest BCUT2D eigenvalue weighted by Gasteiger charge is -2.08. The van der Waals surface area contributed by atoms with Gasteiger partial charge in [0.1, 0.15) is 5.75 Å². The van der Waals surface area contributed by atoms with Crippen LogP contribution in [0.15, 0.2) is 53.4 Å². The van der Waals surface area contributed by atoms with Crippen molar-refractivity contribution < 1.29 is 13.2 Å². The van der Waals surface area contributed by atoms with Crippen LogP contribution in [0.3, 0.4) is 0 Å². The highest BCUT2D eigenvalue weighted by molar-refractivity contribution is 7.89. The highest BCUT2D eigenvalue weighted by atomic mass is 32.2. The largest absolute Gasteiger partial charge is 0.497 e. The summed E-state index contributed by atoms with van der Waals surface area (Å²) in [6.45, 7) is 0.581. The van der Waals surface area contributed by atoms with Crippen molar-refractivity contribution in [2.75, 3.05) is 12.4 Å². The third-order valence-corrected chi connectivity index (χ3v) is 3.75. The first-order valence-electron chi connectivity index (χ1n) is 5.99. The van der Waals surface area contributed by atoms with Gasteiger partial charge in [-0.25, -0.2) is 13.6 Å². The number of sulfonamides is 1. The molecule has 0 aromatic heterocycles. The molecule has 2 aromatic rings. The maximum Gasteiger partial charge on any atom is 0.238 e. The molecule has 0 aliphatic heterocycles. The Morgan fingerprint density at radius 2 is 1.85 bits per heavy atom. The third kappa shape index (κ3) is 3.72. The number of primary sulfonamides is 1. The summed E-state index contributed by atoms with van der Waals surface area (Å²) in [4.78, 5) is 0.114. The lowest BCUT2D eigenvalue weighted by molar-refractivity contribution is 0.415. The van der Waals surface area contributed by atoms with Crippen LogP contribution in [0.1, 0.15) is 5.56 Å². The van der Waals surface area contributed by atoms with Gasteiger partial charge in [0, 0.05) is 18.3 Å². The van der Waals surface area contributed by atoms with Crippen molar-refractivity contribution in [2.24, 2.45) is 5.14 Å². The minimum atomic E-state index is -3.63. The molecule has 0 saturated carbocycles. The van der Waals surface area contributed by atoms with Crippen molar-refractivity contribution in [3.8, 4) is 5.75 Å². The molecule has 5 nitrogen and oxygen atoms in total. The van der Waals surface area contributed by atoms with Gasteiger partial charge in [0.15, 0.2) is 0 Å². The second-order valence-corrected chi connectivity index (χ2v) is 5.84. The zero-order valence-electron chi connectivity index (χ0n) is 11.0. The van der Waals surface area contributed by atoms with Gasteiger partial charge in [-0.3, -0.25) is 0 Å². The normalized spacial score (nSPS) is 11.1. The average Bonchev–Trinajstić information content (AvgIpc) is 2.45. The van der Waals surface area contributed by atoms with Crippen LogP contribution in [0.25, 0.3) is 0 Å². The number of benzene rings is 2. The fraction of sp³-hybridized carbons (Fsp3) is 0.143. The first kappa shape index (κ1) is 14.4. The Balaban J connectivity index is 2.04. The number of ether oxygens (including phenoxy) is 1. The fourth-order valence-electron chi connectivity index (χ4n) is 1.73. The molecule has 0 bridgehead atoms. The van der Waals surface area contributed by atoms with Crippen LogP contribution in [0, 0.1) is 0 Å². The van der Waals surface area contributed by atoms with E-state index >= 15 is 0 Å². The van der Waals surface area contributed by atoms with Crippen molar-refractivity contribution in [1.82, 2.24) is 0 Å². The Morgan fingerprint density at radius 1 is 1.15 bits per heavy atom. The van der Waals surface area contributed by atoms with Crippen LogP contribution in [0.2, 0.25) is 0 Å². The van der Waals surface area contributed by atoms with Crippen molar-refractivity contribution in [1.29, 1.82) is 0 Å². The molecule has 0 fully saturated rings. The third-order valence-electron chi connectivity index (χ3n) is 2.82. The molecule has 0 unspecified atom stereocenters. The van der Waals surface area contributed by atoms with E-state index in [2.05, 4.69) is 5.32 Å². The number of nitrogens with two attached hydrogens (primary N) is 1. The molecule has 0 aliphatic rings. The van der Waals surface area contributed by atoms with Gasteiger partial charge in [-0.1, -0.05) is 18.2 Å². The molecular weight excluding hydrogens is 276 g/mol. The van der Waals surface area contributed by atoms with E-state index in [1.807, 2.05) is 24.3 Å². The summed E-state index contributed by atoms with van der Waals surface area (Å²) < 4.78 is 27.4. The Kier molecular flexibility index (Phi) is 4.26. The van der Waals surface area contributed by atoms with Crippen LogP contribution in [-0.4, -0.2) is 15.5 Å². The van der Waals surface area contributed by atoms with E-state index < -0.39 is 10.0 Å². The van der Waals surface area contributed by atoms with E-state index in [-0.39, 0.29) is 4.90 Å². The maximum atomic E-state index is 11.1. The topological polar surface area (TPSA) is 81.4 Å². The van der Waals surface area contributed by atoms with E-state index in [9.17, 15) is 8.42 Å². The number of nitrogens with one attached hydrogen (secondary N) is 1. The lowest BCUT2D eigenvalue weighted by atomic mass is 10.2. The van der Waals surface area contributed by atoms with Crippen molar-refractivity contribution in [2.45, 2.75) is 11.4 Å². The molecule has 106 valence electrons. The quantitative estimate of drug-likeness (QED) is 0.882. The zero-order valence-corrected chi connectivity index (χ0v) is 11.9. The van der Waals surface area contributed by atoms with Crippen LogP contribution < -0.4 is 15.2 Å². The Bertz CT molecular complexity index is 682. The zero-order chi connectivity index (χ0) is 14.6. The average molecular weight is 292 g/mol. The fourth-order valence-corrected chi connectivity index (χ4v) is 2.25. The van der Waals surface area contributed by atoms with Crippen LogP contribution >= 0.6 is 0 Å². The summed E-state index contributed by atoms with van der Waals surface area (Å²) >= 11 is 0. The molecule has 2 aromatic carbocycles. The minimum Gasteiger partial charge on any atom is -0.497 e. The van der Waals surface area contributed by atoms with Gasteiger partial charge >= 0.3 is 0 Å². The Morgan fingerprint density at radius 3 is 2.45 bits per heavy atom. The van der Waals surface area contributed by atoms with Crippen molar-refractivity contribution in [3.05, 3.63) is 54.1 Å². The summed E-state index contributed by atoms with van der Waals surface area (Å²) in [5, 5.41) is 8.28. The molecule has 0 spiro atoms. The molecule has 0 aliphatic carbocycles. The van der Waals surface area contributed by atoms with Crippen LogP contribution in [-0.2, 0) is 16.6 Å². The standard InChI is InChI=1S/C14H16N2O3S/c1-19-13-4-2-3-12(9-13)16-10-11-5-7-14(8-6-11)20(15,17)18/h2-9,16H,10H2,1H3,(H2,15,17,18). The molecule has 3 N–H and O–H groups in total. The van der Waals surface area contributed by atoms with E-state index in [0.29, 0.717) is 6.54 Å². The highest BCUT2D eigenvalue weighted by Gasteiger charge is 2.06. The molecule has 0 heterocycles. The SMILES string of the molecule is COc1cccc(NCc2ccc(S(N)(=O)=O)cc2)c1. The number of hydrogen-bond acceptors (Lipinski definition) is 4. The van der Waals surface area contributed by atoms with Gasteiger partial charge in [-0.15, -0.1) is 0 Å². The monoisotopic (exact) mass is 292 g/mol. The maximum absolute atomic E-state index is 11.1. The Labute approximate surface area is 118 Å². The number of methoxy groups -OCH3 is 1. The highest BCUT2D eigenvalue weighted by Crippen LogP contribution is 2.17. The summed E-state index contributed by atoms with van der Waals surface area (Å²) in [5.41, 5.74) is 1.89. The van der Waals surface area contributed by atoms with Gasteiger partial charge < -0.3 is 10.1 Å². The van der Waals surface area contributed by atoms with Gasteiger partial charge in [0.25, 0.3) is 0 Å². The number of hydrogen-bond donors (Lipinski definition) is 2.